The normalized spacial score (nSPS) is 16.2. The van der Waals surface area contributed by atoms with Crippen LogP contribution < -0.4 is 5.43 Å². The van der Waals surface area contributed by atoms with E-state index in [0.29, 0.717) is 18.2 Å². The molecular formula is C13H16ClN3O3. The molecule has 1 amide bonds. The van der Waals surface area contributed by atoms with Gasteiger partial charge in [0.2, 0.25) is 0 Å². The molecular weight excluding hydrogens is 282 g/mol. The van der Waals surface area contributed by atoms with Crippen molar-refractivity contribution in [3.05, 3.63) is 34.9 Å². The van der Waals surface area contributed by atoms with Crippen LogP contribution in [0.25, 0.3) is 0 Å². The molecule has 1 aromatic carbocycles. The van der Waals surface area contributed by atoms with Crippen LogP contribution in [0.4, 0.5) is 4.79 Å². The number of morpholine rings is 1. The lowest BCUT2D eigenvalue weighted by molar-refractivity contribution is -0.00995. The molecule has 1 aliphatic rings. The fourth-order valence-corrected chi connectivity index (χ4v) is 1.83. The molecule has 1 saturated heterocycles. The quantitative estimate of drug-likeness (QED) is 0.678. The average Bonchev–Trinajstić information content (AvgIpc) is 2.48. The third kappa shape index (κ3) is 4.80. The fraction of sp³-hybridized carbons (Fsp3) is 0.385. The Bertz CT molecular complexity index is 476. The Morgan fingerprint density at radius 3 is 2.95 bits per heavy atom. The highest BCUT2D eigenvalue weighted by Crippen LogP contribution is 2.11. The summed E-state index contributed by atoms with van der Waals surface area (Å²) in [5, 5.41) is 4.36. The van der Waals surface area contributed by atoms with E-state index in [2.05, 4.69) is 10.5 Å². The van der Waals surface area contributed by atoms with Crippen LogP contribution in [-0.4, -0.2) is 50.2 Å². The van der Waals surface area contributed by atoms with Gasteiger partial charge in [-0.1, -0.05) is 29.8 Å². The van der Waals surface area contributed by atoms with E-state index in [1.54, 1.807) is 12.1 Å². The molecule has 2 rings (SSSR count). The molecule has 1 aliphatic heterocycles. The number of hydrazone groups is 1. The number of amides is 1. The minimum absolute atomic E-state index is 0.233. The third-order valence-electron chi connectivity index (χ3n) is 2.75. The number of ether oxygens (including phenoxy) is 2. The lowest BCUT2D eigenvalue weighted by atomic mass is 10.2. The van der Waals surface area contributed by atoms with Gasteiger partial charge in [0.25, 0.3) is 0 Å². The molecule has 6 nitrogen and oxygen atoms in total. The number of nitrogens with one attached hydrogen (secondary N) is 1. The van der Waals surface area contributed by atoms with E-state index < -0.39 is 6.09 Å². The van der Waals surface area contributed by atoms with Crippen molar-refractivity contribution >= 4 is 23.9 Å². The standard InChI is InChI=1S/C13H16ClN3O3/c14-12-4-2-1-3-11(12)9-15-16-13(18)20-10-17-5-7-19-8-6-17/h1-4,9H,5-8,10H2,(H,16,18). The van der Waals surface area contributed by atoms with Crippen LogP contribution in [0.5, 0.6) is 0 Å². The Labute approximate surface area is 122 Å². The molecule has 0 saturated carbocycles. The van der Waals surface area contributed by atoms with Gasteiger partial charge in [-0.25, -0.2) is 10.2 Å². The van der Waals surface area contributed by atoms with E-state index in [0.717, 1.165) is 18.7 Å². The van der Waals surface area contributed by atoms with E-state index >= 15 is 0 Å². The Morgan fingerprint density at radius 2 is 2.20 bits per heavy atom. The number of benzene rings is 1. The largest absolute Gasteiger partial charge is 0.432 e. The van der Waals surface area contributed by atoms with Crippen LogP contribution in [0, 0.1) is 0 Å². The van der Waals surface area contributed by atoms with Crippen molar-refractivity contribution in [2.75, 3.05) is 33.0 Å². The van der Waals surface area contributed by atoms with Crippen LogP contribution in [-0.2, 0) is 9.47 Å². The van der Waals surface area contributed by atoms with Gasteiger partial charge in [-0.05, 0) is 6.07 Å². The van der Waals surface area contributed by atoms with Crippen LogP contribution >= 0.6 is 11.6 Å². The van der Waals surface area contributed by atoms with Crippen molar-refractivity contribution in [2.24, 2.45) is 5.10 Å². The van der Waals surface area contributed by atoms with Gasteiger partial charge in [0.15, 0.2) is 0 Å². The zero-order valence-corrected chi connectivity index (χ0v) is 11.7. The maximum Gasteiger partial charge on any atom is 0.429 e. The molecule has 1 heterocycles. The highest BCUT2D eigenvalue weighted by atomic mass is 35.5. The first-order chi connectivity index (χ1) is 9.75. The van der Waals surface area contributed by atoms with Crippen molar-refractivity contribution in [2.45, 2.75) is 0 Å². The van der Waals surface area contributed by atoms with E-state index in [-0.39, 0.29) is 6.73 Å². The molecule has 0 atom stereocenters. The van der Waals surface area contributed by atoms with Gasteiger partial charge < -0.3 is 9.47 Å². The molecule has 0 radical (unpaired) electrons. The highest BCUT2D eigenvalue weighted by Gasteiger charge is 2.11. The maximum atomic E-state index is 11.4. The molecule has 7 heteroatoms. The lowest BCUT2D eigenvalue weighted by Gasteiger charge is -2.25. The predicted octanol–water partition coefficient (Wildman–Crippen LogP) is 1.69. The van der Waals surface area contributed by atoms with Gasteiger partial charge in [0, 0.05) is 23.7 Å². The Morgan fingerprint density at radius 1 is 1.45 bits per heavy atom. The number of hydrogen-bond acceptors (Lipinski definition) is 5. The zero-order valence-electron chi connectivity index (χ0n) is 10.9. The highest BCUT2D eigenvalue weighted by molar-refractivity contribution is 6.33. The van der Waals surface area contributed by atoms with Crippen molar-refractivity contribution in [1.29, 1.82) is 0 Å². The minimum atomic E-state index is -0.597. The monoisotopic (exact) mass is 297 g/mol. The Kier molecular flexibility index (Phi) is 5.79. The van der Waals surface area contributed by atoms with Crippen molar-refractivity contribution in [1.82, 2.24) is 10.3 Å². The summed E-state index contributed by atoms with van der Waals surface area (Å²) in [6.07, 6.45) is 0.873. The maximum absolute atomic E-state index is 11.4. The topological polar surface area (TPSA) is 63.2 Å². The van der Waals surface area contributed by atoms with E-state index in [1.165, 1.54) is 6.21 Å². The average molecular weight is 298 g/mol. The summed E-state index contributed by atoms with van der Waals surface area (Å²) in [4.78, 5) is 13.4. The summed E-state index contributed by atoms with van der Waals surface area (Å²) >= 11 is 5.95. The minimum Gasteiger partial charge on any atom is -0.432 e. The van der Waals surface area contributed by atoms with Gasteiger partial charge in [-0.15, -0.1) is 0 Å². The van der Waals surface area contributed by atoms with Crippen LogP contribution in [0.15, 0.2) is 29.4 Å². The molecule has 1 N–H and O–H groups in total. The van der Waals surface area contributed by atoms with Crippen molar-refractivity contribution in [3.8, 4) is 0 Å². The summed E-state index contributed by atoms with van der Waals surface area (Å²) in [6.45, 7) is 3.08. The number of carbonyl (C=O) groups excluding carboxylic acids is 1. The van der Waals surface area contributed by atoms with E-state index in [4.69, 9.17) is 21.1 Å². The predicted molar refractivity (Wildman–Crippen MR) is 75.9 cm³/mol. The number of hydrogen-bond donors (Lipinski definition) is 1. The summed E-state index contributed by atoms with van der Waals surface area (Å²) in [6, 6.07) is 7.21. The van der Waals surface area contributed by atoms with Crippen LogP contribution in [0.1, 0.15) is 5.56 Å². The molecule has 0 aromatic heterocycles. The first-order valence-corrected chi connectivity index (χ1v) is 6.64. The van der Waals surface area contributed by atoms with Gasteiger partial charge in [0.05, 0.1) is 19.4 Å². The molecule has 20 heavy (non-hydrogen) atoms. The second-order valence-electron chi connectivity index (χ2n) is 4.18. The van der Waals surface area contributed by atoms with Gasteiger partial charge in [-0.2, -0.15) is 5.10 Å². The summed E-state index contributed by atoms with van der Waals surface area (Å²) in [5.41, 5.74) is 3.01. The fourth-order valence-electron chi connectivity index (χ4n) is 1.65. The summed E-state index contributed by atoms with van der Waals surface area (Å²) in [7, 11) is 0. The zero-order chi connectivity index (χ0) is 14.2. The first kappa shape index (κ1) is 14.8. The molecule has 0 aliphatic carbocycles. The van der Waals surface area contributed by atoms with Crippen LogP contribution in [0.2, 0.25) is 5.02 Å². The smallest absolute Gasteiger partial charge is 0.429 e. The second-order valence-corrected chi connectivity index (χ2v) is 4.59. The number of nitrogens with zero attached hydrogens (tertiary/aromatic N) is 2. The molecule has 1 aromatic rings. The lowest BCUT2D eigenvalue weighted by Crippen LogP contribution is -2.39. The number of halogens is 1. The molecule has 0 spiro atoms. The van der Waals surface area contributed by atoms with Gasteiger partial charge in [0.1, 0.15) is 6.73 Å². The first-order valence-electron chi connectivity index (χ1n) is 6.26. The molecule has 108 valence electrons. The summed E-state index contributed by atoms with van der Waals surface area (Å²) < 4.78 is 10.2. The van der Waals surface area contributed by atoms with Crippen molar-refractivity contribution in [3.63, 3.8) is 0 Å². The molecule has 0 bridgehead atoms. The number of rotatable bonds is 4. The van der Waals surface area contributed by atoms with Crippen molar-refractivity contribution < 1.29 is 14.3 Å². The third-order valence-corrected chi connectivity index (χ3v) is 3.09. The van der Waals surface area contributed by atoms with Crippen LogP contribution in [0.3, 0.4) is 0 Å². The van der Waals surface area contributed by atoms with Gasteiger partial charge >= 0.3 is 6.09 Å². The summed E-state index contributed by atoms with van der Waals surface area (Å²) in [5.74, 6) is 0. The number of carbonyl (C=O) groups is 1. The van der Waals surface area contributed by atoms with E-state index in [9.17, 15) is 4.79 Å². The second kappa shape index (κ2) is 7.84. The Balaban J connectivity index is 1.70. The van der Waals surface area contributed by atoms with E-state index in [1.807, 2.05) is 17.0 Å². The Hall–Kier alpha value is -1.63. The molecule has 0 unspecified atom stereocenters. The van der Waals surface area contributed by atoms with Gasteiger partial charge in [-0.3, -0.25) is 4.90 Å². The molecule has 1 fully saturated rings. The SMILES string of the molecule is O=C(NN=Cc1ccccc1Cl)OCN1CCOCC1.